The van der Waals surface area contributed by atoms with Gasteiger partial charge in [0.2, 0.25) is 0 Å². The Bertz CT molecular complexity index is 421. The minimum atomic E-state index is 0.626. The molecule has 5 heteroatoms. The molecule has 4 nitrogen and oxygen atoms in total. The molecule has 1 aromatic heterocycles. The fourth-order valence-electron chi connectivity index (χ4n) is 2.03. The second kappa shape index (κ2) is 9.23. The highest BCUT2D eigenvalue weighted by Crippen LogP contribution is 2.18. The van der Waals surface area contributed by atoms with Crippen LogP contribution in [0.15, 0.2) is 12.1 Å². The third-order valence-corrected chi connectivity index (χ3v) is 3.58. The first kappa shape index (κ1) is 18.2. The Morgan fingerprint density at radius 3 is 2.52 bits per heavy atom. The Morgan fingerprint density at radius 1 is 1.19 bits per heavy atom. The van der Waals surface area contributed by atoms with Crippen molar-refractivity contribution in [3.05, 3.63) is 22.8 Å². The van der Waals surface area contributed by atoms with Crippen LogP contribution in [0.3, 0.4) is 0 Å². The van der Waals surface area contributed by atoms with Crippen LogP contribution in [0, 0.1) is 5.92 Å². The summed E-state index contributed by atoms with van der Waals surface area (Å²) in [5, 5.41) is 4.13. The van der Waals surface area contributed by atoms with Crippen molar-refractivity contribution in [3.63, 3.8) is 0 Å². The van der Waals surface area contributed by atoms with Gasteiger partial charge in [0.15, 0.2) is 0 Å². The molecule has 0 fully saturated rings. The molecule has 0 bridgehead atoms. The zero-order chi connectivity index (χ0) is 15.8. The lowest BCUT2D eigenvalue weighted by Crippen LogP contribution is -2.25. The van der Waals surface area contributed by atoms with Crippen molar-refractivity contribution in [2.45, 2.75) is 26.8 Å². The topological polar surface area (TPSA) is 31.4 Å². The van der Waals surface area contributed by atoms with Crippen LogP contribution in [-0.2, 0) is 6.54 Å². The van der Waals surface area contributed by atoms with Gasteiger partial charge in [0.25, 0.3) is 0 Å². The summed E-state index contributed by atoms with van der Waals surface area (Å²) < 4.78 is 0. The summed E-state index contributed by atoms with van der Waals surface area (Å²) in [4.78, 5) is 9.07. The summed E-state index contributed by atoms with van der Waals surface area (Å²) in [6, 6.07) is 3.93. The van der Waals surface area contributed by atoms with Crippen LogP contribution in [0.4, 0.5) is 5.82 Å². The molecular formula is C16H29ClN4. The first-order valence-electron chi connectivity index (χ1n) is 7.62. The largest absolute Gasteiger partial charge is 0.360 e. The first-order chi connectivity index (χ1) is 9.90. The molecule has 0 aliphatic carbocycles. The second-order valence-corrected chi connectivity index (χ2v) is 6.61. The minimum absolute atomic E-state index is 0.626. The summed E-state index contributed by atoms with van der Waals surface area (Å²) in [5.74, 6) is 1.61. The number of pyridine rings is 1. The van der Waals surface area contributed by atoms with E-state index in [2.05, 4.69) is 55.1 Å². The quantitative estimate of drug-likeness (QED) is 0.760. The van der Waals surface area contributed by atoms with Crippen molar-refractivity contribution in [3.8, 4) is 0 Å². The Kier molecular flexibility index (Phi) is 8.01. The number of nitrogens with one attached hydrogen (secondary N) is 1. The van der Waals surface area contributed by atoms with Gasteiger partial charge in [-0.15, -0.1) is 0 Å². The van der Waals surface area contributed by atoms with E-state index in [4.69, 9.17) is 11.6 Å². The van der Waals surface area contributed by atoms with Crippen molar-refractivity contribution in [1.82, 2.24) is 15.2 Å². The number of rotatable bonds is 9. The van der Waals surface area contributed by atoms with Gasteiger partial charge in [0.1, 0.15) is 5.82 Å². The summed E-state index contributed by atoms with van der Waals surface area (Å²) in [5.41, 5.74) is 0.925. The van der Waals surface area contributed by atoms with E-state index in [0.29, 0.717) is 5.92 Å². The summed E-state index contributed by atoms with van der Waals surface area (Å²) >= 11 is 6.23. The van der Waals surface area contributed by atoms with Crippen LogP contribution in [0.25, 0.3) is 0 Å². The van der Waals surface area contributed by atoms with Gasteiger partial charge in [-0.2, -0.15) is 0 Å². The molecular weight excluding hydrogens is 284 g/mol. The van der Waals surface area contributed by atoms with E-state index in [9.17, 15) is 0 Å². The Labute approximate surface area is 134 Å². The maximum Gasteiger partial charge on any atom is 0.128 e. The number of hydrogen-bond donors (Lipinski definition) is 1. The molecule has 1 heterocycles. The molecule has 0 radical (unpaired) electrons. The highest BCUT2D eigenvalue weighted by molar-refractivity contribution is 6.31. The molecule has 0 amide bonds. The third-order valence-electron chi connectivity index (χ3n) is 3.24. The lowest BCUT2D eigenvalue weighted by molar-refractivity contribution is 0.401. The fourth-order valence-corrected chi connectivity index (χ4v) is 2.20. The molecule has 21 heavy (non-hydrogen) atoms. The normalized spacial score (nSPS) is 11.4. The van der Waals surface area contributed by atoms with E-state index in [0.717, 1.165) is 49.1 Å². The molecule has 0 aliphatic rings. The van der Waals surface area contributed by atoms with Crippen LogP contribution in [-0.4, -0.2) is 50.7 Å². The number of hydrogen-bond acceptors (Lipinski definition) is 4. The average Bonchev–Trinajstić information content (AvgIpc) is 2.40. The predicted octanol–water partition coefficient (Wildman–Crippen LogP) is 2.87. The van der Waals surface area contributed by atoms with Crippen LogP contribution < -0.4 is 10.2 Å². The zero-order valence-electron chi connectivity index (χ0n) is 14.0. The van der Waals surface area contributed by atoms with Crippen molar-refractivity contribution in [2.24, 2.45) is 5.92 Å². The van der Waals surface area contributed by atoms with E-state index in [-0.39, 0.29) is 0 Å². The molecule has 1 aromatic rings. The van der Waals surface area contributed by atoms with Gasteiger partial charge in [0, 0.05) is 20.1 Å². The average molecular weight is 313 g/mol. The van der Waals surface area contributed by atoms with E-state index in [1.165, 1.54) is 0 Å². The van der Waals surface area contributed by atoms with E-state index < -0.39 is 0 Å². The number of anilines is 1. The first-order valence-corrected chi connectivity index (χ1v) is 8.00. The molecule has 0 aromatic carbocycles. The van der Waals surface area contributed by atoms with Crippen molar-refractivity contribution in [2.75, 3.05) is 45.7 Å². The van der Waals surface area contributed by atoms with Gasteiger partial charge >= 0.3 is 0 Å². The van der Waals surface area contributed by atoms with Crippen LogP contribution in [0.5, 0.6) is 0 Å². The number of halogens is 1. The highest BCUT2D eigenvalue weighted by Gasteiger charge is 2.08. The van der Waals surface area contributed by atoms with Crippen LogP contribution in [0.1, 0.15) is 26.0 Å². The van der Waals surface area contributed by atoms with Gasteiger partial charge in [-0.25, -0.2) is 4.98 Å². The number of nitrogens with zero attached hydrogens (tertiary/aromatic N) is 3. The molecule has 0 unspecified atom stereocenters. The zero-order valence-corrected chi connectivity index (χ0v) is 14.7. The summed E-state index contributed by atoms with van der Waals surface area (Å²) in [6.07, 6.45) is 1.12. The van der Waals surface area contributed by atoms with Gasteiger partial charge in [-0.05, 0) is 51.7 Å². The Morgan fingerprint density at radius 2 is 1.90 bits per heavy atom. The number of aromatic nitrogens is 1. The fraction of sp³-hybridized carbons (Fsp3) is 0.688. The Balaban J connectivity index is 2.58. The maximum atomic E-state index is 6.23. The summed E-state index contributed by atoms with van der Waals surface area (Å²) in [6.45, 7) is 8.15. The summed E-state index contributed by atoms with van der Waals surface area (Å²) in [7, 11) is 6.27. The monoisotopic (exact) mass is 312 g/mol. The van der Waals surface area contributed by atoms with Crippen molar-refractivity contribution < 1.29 is 0 Å². The van der Waals surface area contributed by atoms with E-state index in [1.807, 2.05) is 12.1 Å². The molecule has 0 spiro atoms. The SMILES string of the molecule is CC(C)CNCc1nc(N(C)CCCN(C)C)ccc1Cl. The van der Waals surface area contributed by atoms with Gasteiger partial charge < -0.3 is 15.1 Å². The van der Waals surface area contributed by atoms with Crippen molar-refractivity contribution in [1.29, 1.82) is 0 Å². The van der Waals surface area contributed by atoms with Gasteiger partial charge in [0.05, 0.1) is 10.7 Å². The van der Waals surface area contributed by atoms with Crippen molar-refractivity contribution >= 4 is 17.4 Å². The van der Waals surface area contributed by atoms with E-state index in [1.54, 1.807) is 0 Å². The lowest BCUT2D eigenvalue weighted by Gasteiger charge is -2.20. The van der Waals surface area contributed by atoms with Crippen LogP contribution in [0.2, 0.25) is 5.02 Å². The molecule has 0 saturated carbocycles. The van der Waals surface area contributed by atoms with E-state index >= 15 is 0 Å². The molecule has 1 N–H and O–H groups in total. The molecule has 0 saturated heterocycles. The van der Waals surface area contributed by atoms with Crippen LogP contribution >= 0.6 is 11.6 Å². The third kappa shape index (κ3) is 7.11. The standard InChI is InChI=1S/C16H29ClN4/c1-13(2)11-18-12-15-14(17)7-8-16(19-15)21(5)10-6-9-20(3)4/h7-8,13,18H,6,9-12H2,1-5H3. The smallest absolute Gasteiger partial charge is 0.128 e. The molecule has 120 valence electrons. The molecule has 0 aliphatic heterocycles. The minimum Gasteiger partial charge on any atom is -0.360 e. The lowest BCUT2D eigenvalue weighted by atomic mass is 10.2. The molecule has 0 atom stereocenters. The second-order valence-electron chi connectivity index (χ2n) is 6.20. The Hall–Kier alpha value is -0.840. The highest BCUT2D eigenvalue weighted by atomic mass is 35.5. The maximum absolute atomic E-state index is 6.23. The molecule has 1 rings (SSSR count). The van der Waals surface area contributed by atoms with Gasteiger partial charge in [-0.3, -0.25) is 0 Å². The predicted molar refractivity (Wildman–Crippen MR) is 92.2 cm³/mol. The van der Waals surface area contributed by atoms with Gasteiger partial charge in [-0.1, -0.05) is 25.4 Å².